The van der Waals surface area contributed by atoms with E-state index < -0.39 is 0 Å². The quantitative estimate of drug-likeness (QED) is 0.832. The van der Waals surface area contributed by atoms with Crippen molar-refractivity contribution in [1.29, 1.82) is 0 Å². The number of carbonyl (C=O) groups excluding carboxylic acids is 1. The van der Waals surface area contributed by atoms with Crippen molar-refractivity contribution in [1.82, 2.24) is 4.90 Å². The maximum Gasteiger partial charge on any atom is 0.252 e. The third-order valence-corrected chi connectivity index (χ3v) is 4.32. The number of benzene rings is 1. The summed E-state index contributed by atoms with van der Waals surface area (Å²) in [5.74, 6) is 0.152. The first-order valence-corrected chi connectivity index (χ1v) is 7.88. The number of amides is 1. The van der Waals surface area contributed by atoms with Gasteiger partial charge in [0.15, 0.2) is 0 Å². The Balaban J connectivity index is 1.65. The lowest BCUT2D eigenvalue weighted by molar-refractivity contribution is -0.143. The fourth-order valence-corrected chi connectivity index (χ4v) is 3.09. The maximum absolute atomic E-state index is 12.7. The van der Waals surface area contributed by atoms with Crippen molar-refractivity contribution in [3.8, 4) is 0 Å². The van der Waals surface area contributed by atoms with Crippen molar-refractivity contribution in [2.75, 3.05) is 26.4 Å². The molecule has 1 aromatic rings. The zero-order chi connectivity index (χ0) is 14.5. The minimum atomic E-state index is -0.235. The number of rotatable bonds is 5. The van der Waals surface area contributed by atoms with Crippen LogP contribution in [0.15, 0.2) is 30.3 Å². The lowest BCUT2D eigenvalue weighted by Gasteiger charge is -2.30. The molecule has 0 bridgehead atoms. The van der Waals surface area contributed by atoms with Crippen LogP contribution < -0.4 is 0 Å². The Morgan fingerprint density at radius 2 is 2.05 bits per heavy atom. The Hall–Kier alpha value is -1.39. The van der Waals surface area contributed by atoms with Crippen LogP contribution in [0.4, 0.5) is 0 Å². The Kier molecular flexibility index (Phi) is 4.88. The van der Waals surface area contributed by atoms with E-state index in [1.807, 2.05) is 23.1 Å². The molecule has 4 heteroatoms. The fourth-order valence-electron chi connectivity index (χ4n) is 3.09. The molecule has 2 aliphatic rings. The molecule has 0 spiro atoms. The molecule has 21 heavy (non-hydrogen) atoms. The average Bonchev–Trinajstić information content (AvgIpc) is 3.22. The lowest BCUT2D eigenvalue weighted by Crippen LogP contribution is -2.46. The molecule has 0 radical (unpaired) electrons. The summed E-state index contributed by atoms with van der Waals surface area (Å²) in [6.07, 6.45) is 3.43. The topological polar surface area (TPSA) is 38.8 Å². The summed E-state index contributed by atoms with van der Waals surface area (Å²) < 4.78 is 11.0. The molecule has 3 rings (SSSR count). The van der Waals surface area contributed by atoms with Crippen molar-refractivity contribution >= 4 is 5.91 Å². The summed E-state index contributed by atoms with van der Waals surface area (Å²) in [5.41, 5.74) is 1.27. The van der Waals surface area contributed by atoms with Crippen molar-refractivity contribution < 1.29 is 14.3 Å². The number of carbonyl (C=O) groups is 1. The Morgan fingerprint density at radius 1 is 1.19 bits per heavy atom. The second-order valence-corrected chi connectivity index (χ2v) is 5.79. The average molecular weight is 289 g/mol. The third kappa shape index (κ3) is 3.63. The fraction of sp³-hybridized carbons (Fsp3) is 0.588. The summed E-state index contributed by atoms with van der Waals surface area (Å²) in [6, 6.07) is 10.5. The van der Waals surface area contributed by atoms with E-state index in [1.54, 1.807) is 0 Å². The molecule has 114 valence electrons. The van der Waals surface area contributed by atoms with E-state index in [9.17, 15) is 4.79 Å². The first kappa shape index (κ1) is 14.5. The smallest absolute Gasteiger partial charge is 0.252 e. The second-order valence-electron chi connectivity index (χ2n) is 5.79. The van der Waals surface area contributed by atoms with Gasteiger partial charge in [-0.25, -0.2) is 0 Å². The predicted molar refractivity (Wildman–Crippen MR) is 80.1 cm³/mol. The summed E-state index contributed by atoms with van der Waals surface area (Å²) in [5, 5.41) is 0. The minimum absolute atomic E-state index is 0.152. The Labute approximate surface area is 126 Å². The van der Waals surface area contributed by atoms with E-state index in [4.69, 9.17) is 9.47 Å². The molecule has 0 saturated carbocycles. The van der Waals surface area contributed by atoms with Gasteiger partial charge in [-0.3, -0.25) is 4.79 Å². The molecule has 4 nitrogen and oxygen atoms in total. The zero-order valence-corrected chi connectivity index (χ0v) is 12.4. The molecule has 2 atom stereocenters. The summed E-state index contributed by atoms with van der Waals surface area (Å²) in [7, 11) is 0. The zero-order valence-electron chi connectivity index (χ0n) is 12.4. The molecule has 0 aromatic heterocycles. The van der Waals surface area contributed by atoms with Crippen LogP contribution in [0, 0.1) is 0 Å². The first-order chi connectivity index (χ1) is 10.3. The molecule has 0 aliphatic carbocycles. The van der Waals surface area contributed by atoms with E-state index in [0.29, 0.717) is 13.2 Å². The van der Waals surface area contributed by atoms with Crippen LogP contribution in [-0.4, -0.2) is 49.3 Å². The first-order valence-electron chi connectivity index (χ1n) is 7.88. The standard InChI is InChI=1S/C17H23NO3/c19-17(16-7-4-11-21-16)18(15-9-12-20-13-15)10-8-14-5-2-1-3-6-14/h1-3,5-6,15-16H,4,7-13H2/t15-,16-/m1/s1. The van der Waals surface area contributed by atoms with Crippen molar-refractivity contribution in [2.45, 2.75) is 37.8 Å². The minimum Gasteiger partial charge on any atom is -0.379 e. The van der Waals surface area contributed by atoms with Gasteiger partial charge in [0, 0.05) is 19.8 Å². The molecule has 2 heterocycles. The molecule has 0 unspecified atom stereocenters. The highest BCUT2D eigenvalue weighted by molar-refractivity contribution is 5.81. The Morgan fingerprint density at radius 3 is 2.71 bits per heavy atom. The summed E-state index contributed by atoms with van der Waals surface area (Å²) >= 11 is 0. The molecular formula is C17H23NO3. The maximum atomic E-state index is 12.7. The number of hydrogen-bond acceptors (Lipinski definition) is 3. The van der Waals surface area contributed by atoms with Crippen LogP contribution in [0.2, 0.25) is 0 Å². The van der Waals surface area contributed by atoms with Gasteiger partial charge in [-0.05, 0) is 31.2 Å². The van der Waals surface area contributed by atoms with Crippen LogP contribution in [0.5, 0.6) is 0 Å². The monoisotopic (exact) mass is 289 g/mol. The predicted octanol–water partition coefficient (Wildman–Crippen LogP) is 2.03. The van der Waals surface area contributed by atoms with Gasteiger partial charge in [0.2, 0.25) is 0 Å². The number of hydrogen-bond donors (Lipinski definition) is 0. The van der Waals surface area contributed by atoms with E-state index >= 15 is 0 Å². The highest BCUT2D eigenvalue weighted by Gasteiger charge is 2.33. The van der Waals surface area contributed by atoms with Crippen LogP contribution in [0.1, 0.15) is 24.8 Å². The van der Waals surface area contributed by atoms with Crippen LogP contribution >= 0.6 is 0 Å². The van der Waals surface area contributed by atoms with Gasteiger partial charge < -0.3 is 14.4 Å². The second kappa shape index (κ2) is 7.05. The highest BCUT2D eigenvalue weighted by Crippen LogP contribution is 2.20. The normalized spacial score (nSPS) is 25.1. The van der Waals surface area contributed by atoms with Crippen molar-refractivity contribution in [3.05, 3.63) is 35.9 Å². The Bertz CT molecular complexity index is 450. The lowest BCUT2D eigenvalue weighted by atomic mass is 10.1. The summed E-state index contributed by atoms with van der Waals surface area (Å²) in [6.45, 7) is 2.87. The molecule has 1 amide bonds. The highest BCUT2D eigenvalue weighted by atomic mass is 16.5. The van der Waals surface area contributed by atoms with Gasteiger partial charge in [-0.1, -0.05) is 30.3 Å². The van der Waals surface area contributed by atoms with Gasteiger partial charge in [-0.2, -0.15) is 0 Å². The van der Waals surface area contributed by atoms with E-state index in [0.717, 1.165) is 38.8 Å². The number of ether oxygens (including phenoxy) is 2. The largest absolute Gasteiger partial charge is 0.379 e. The SMILES string of the molecule is O=C([C@H]1CCCO1)N(CCc1ccccc1)[C@@H]1CCOC1. The molecule has 2 aliphatic heterocycles. The van der Waals surface area contributed by atoms with E-state index in [-0.39, 0.29) is 18.1 Å². The summed E-state index contributed by atoms with van der Waals surface area (Å²) in [4.78, 5) is 14.7. The van der Waals surface area contributed by atoms with Crippen molar-refractivity contribution in [2.24, 2.45) is 0 Å². The van der Waals surface area contributed by atoms with Crippen LogP contribution in [0.3, 0.4) is 0 Å². The van der Waals surface area contributed by atoms with Gasteiger partial charge in [0.05, 0.1) is 12.6 Å². The van der Waals surface area contributed by atoms with Crippen molar-refractivity contribution in [3.63, 3.8) is 0 Å². The third-order valence-electron chi connectivity index (χ3n) is 4.32. The molecule has 1 aromatic carbocycles. The van der Waals surface area contributed by atoms with E-state index in [2.05, 4.69) is 12.1 Å². The van der Waals surface area contributed by atoms with Gasteiger partial charge in [0.1, 0.15) is 6.10 Å². The van der Waals surface area contributed by atoms with Gasteiger partial charge >= 0.3 is 0 Å². The molecule has 2 saturated heterocycles. The molecule has 0 N–H and O–H groups in total. The molecular weight excluding hydrogens is 266 g/mol. The van der Waals surface area contributed by atoms with Gasteiger partial charge in [0.25, 0.3) is 5.91 Å². The number of nitrogens with zero attached hydrogens (tertiary/aromatic N) is 1. The van der Waals surface area contributed by atoms with Gasteiger partial charge in [-0.15, -0.1) is 0 Å². The van der Waals surface area contributed by atoms with Crippen LogP contribution in [0.25, 0.3) is 0 Å². The molecule has 2 fully saturated rings. The van der Waals surface area contributed by atoms with Crippen LogP contribution in [-0.2, 0) is 20.7 Å². The van der Waals surface area contributed by atoms with E-state index in [1.165, 1.54) is 5.56 Å².